The standard InChI is InChI=1S/C18H28N2O/c1-13(14-7-9-15(19)10-8-14)12-17(21)20-16-6-4-5-11-18(16,2)3/h7-10,13,16H,4-6,11-12,19H2,1-3H3,(H,20,21). The molecule has 0 aromatic heterocycles. The lowest BCUT2D eigenvalue weighted by Crippen LogP contribution is -2.47. The number of anilines is 1. The van der Waals surface area contributed by atoms with Gasteiger partial charge in [0.2, 0.25) is 5.91 Å². The number of nitrogens with one attached hydrogen (secondary N) is 1. The van der Waals surface area contributed by atoms with Gasteiger partial charge < -0.3 is 11.1 Å². The van der Waals surface area contributed by atoms with Crippen molar-refractivity contribution in [2.24, 2.45) is 5.41 Å². The largest absolute Gasteiger partial charge is 0.399 e. The van der Waals surface area contributed by atoms with Crippen LogP contribution in [0.15, 0.2) is 24.3 Å². The molecule has 0 radical (unpaired) electrons. The molecule has 0 aliphatic heterocycles. The second kappa shape index (κ2) is 6.50. The number of nitrogens with two attached hydrogens (primary N) is 1. The van der Waals surface area contributed by atoms with Crippen LogP contribution in [0.5, 0.6) is 0 Å². The van der Waals surface area contributed by atoms with E-state index in [-0.39, 0.29) is 17.2 Å². The highest BCUT2D eigenvalue weighted by Gasteiger charge is 2.33. The van der Waals surface area contributed by atoms with Gasteiger partial charge in [-0.15, -0.1) is 0 Å². The summed E-state index contributed by atoms with van der Waals surface area (Å²) in [5, 5.41) is 3.26. The fraction of sp³-hybridized carbons (Fsp3) is 0.611. The molecule has 1 fully saturated rings. The molecule has 1 aromatic rings. The lowest BCUT2D eigenvalue weighted by Gasteiger charge is -2.39. The smallest absolute Gasteiger partial charge is 0.220 e. The minimum Gasteiger partial charge on any atom is -0.399 e. The summed E-state index contributed by atoms with van der Waals surface area (Å²) in [6, 6.07) is 8.13. The average molecular weight is 288 g/mol. The van der Waals surface area contributed by atoms with Crippen molar-refractivity contribution in [1.29, 1.82) is 0 Å². The minimum absolute atomic E-state index is 0.166. The van der Waals surface area contributed by atoms with Crippen molar-refractivity contribution in [3.05, 3.63) is 29.8 Å². The zero-order chi connectivity index (χ0) is 15.5. The molecule has 2 rings (SSSR count). The number of rotatable bonds is 4. The fourth-order valence-electron chi connectivity index (χ4n) is 3.24. The summed E-state index contributed by atoms with van der Waals surface area (Å²) < 4.78 is 0. The lowest BCUT2D eigenvalue weighted by molar-refractivity contribution is -0.123. The van der Waals surface area contributed by atoms with Crippen LogP contribution in [0.2, 0.25) is 0 Å². The van der Waals surface area contributed by atoms with E-state index in [1.54, 1.807) is 0 Å². The van der Waals surface area contributed by atoms with Crippen LogP contribution in [-0.4, -0.2) is 11.9 Å². The topological polar surface area (TPSA) is 55.1 Å². The number of benzene rings is 1. The maximum absolute atomic E-state index is 12.3. The molecule has 1 amide bonds. The molecule has 3 nitrogen and oxygen atoms in total. The summed E-state index contributed by atoms with van der Waals surface area (Å²) in [5.74, 6) is 0.386. The zero-order valence-corrected chi connectivity index (χ0v) is 13.5. The van der Waals surface area contributed by atoms with E-state index in [2.05, 4.69) is 26.1 Å². The summed E-state index contributed by atoms with van der Waals surface area (Å²) in [5.41, 5.74) is 7.85. The Morgan fingerprint density at radius 2 is 2.00 bits per heavy atom. The molecule has 2 unspecified atom stereocenters. The number of carbonyl (C=O) groups excluding carboxylic acids is 1. The average Bonchev–Trinajstić information content (AvgIpc) is 2.41. The Bertz CT molecular complexity index is 478. The first-order chi connectivity index (χ1) is 9.88. The van der Waals surface area contributed by atoms with E-state index < -0.39 is 0 Å². The first kappa shape index (κ1) is 15.9. The Labute approximate surface area is 128 Å². The number of hydrogen-bond donors (Lipinski definition) is 2. The van der Waals surface area contributed by atoms with Crippen LogP contribution in [0, 0.1) is 5.41 Å². The third kappa shape index (κ3) is 4.23. The number of nitrogen functional groups attached to an aromatic ring is 1. The van der Waals surface area contributed by atoms with Crippen LogP contribution in [0.3, 0.4) is 0 Å². The van der Waals surface area contributed by atoms with Gasteiger partial charge in [-0.05, 0) is 41.9 Å². The van der Waals surface area contributed by atoms with E-state index in [1.807, 2.05) is 24.3 Å². The van der Waals surface area contributed by atoms with Gasteiger partial charge in [0.05, 0.1) is 0 Å². The van der Waals surface area contributed by atoms with E-state index in [4.69, 9.17) is 5.73 Å². The molecular weight excluding hydrogens is 260 g/mol. The second-order valence-corrected chi connectivity index (χ2v) is 7.13. The normalized spacial score (nSPS) is 22.5. The number of hydrogen-bond acceptors (Lipinski definition) is 2. The van der Waals surface area contributed by atoms with Crippen molar-refractivity contribution in [3.63, 3.8) is 0 Å². The quantitative estimate of drug-likeness (QED) is 0.827. The zero-order valence-electron chi connectivity index (χ0n) is 13.5. The van der Waals surface area contributed by atoms with Crippen molar-refractivity contribution in [3.8, 4) is 0 Å². The molecule has 1 aliphatic carbocycles. The Hall–Kier alpha value is -1.51. The van der Waals surface area contributed by atoms with Gasteiger partial charge in [-0.3, -0.25) is 4.79 Å². The Balaban J connectivity index is 1.90. The highest BCUT2D eigenvalue weighted by Crippen LogP contribution is 2.35. The molecule has 21 heavy (non-hydrogen) atoms. The van der Waals surface area contributed by atoms with Gasteiger partial charge in [0.1, 0.15) is 0 Å². The maximum atomic E-state index is 12.3. The van der Waals surface area contributed by atoms with Crippen molar-refractivity contribution >= 4 is 11.6 Å². The molecule has 0 heterocycles. The summed E-state index contributed by atoms with van der Waals surface area (Å²) >= 11 is 0. The Morgan fingerprint density at radius 1 is 1.33 bits per heavy atom. The van der Waals surface area contributed by atoms with Crippen molar-refractivity contribution in [1.82, 2.24) is 5.32 Å². The highest BCUT2D eigenvalue weighted by molar-refractivity contribution is 5.77. The molecule has 3 N–H and O–H groups in total. The lowest BCUT2D eigenvalue weighted by atomic mass is 9.73. The van der Waals surface area contributed by atoms with E-state index in [0.717, 1.165) is 12.1 Å². The third-order valence-electron chi connectivity index (χ3n) is 4.84. The van der Waals surface area contributed by atoms with Crippen molar-refractivity contribution in [2.75, 3.05) is 5.73 Å². The predicted octanol–water partition coefficient (Wildman–Crippen LogP) is 3.85. The molecule has 1 aliphatic rings. The van der Waals surface area contributed by atoms with Crippen LogP contribution in [0.1, 0.15) is 64.4 Å². The first-order valence-electron chi connectivity index (χ1n) is 8.03. The Morgan fingerprint density at radius 3 is 2.62 bits per heavy atom. The highest BCUT2D eigenvalue weighted by atomic mass is 16.1. The maximum Gasteiger partial charge on any atom is 0.220 e. The van der Waals surface area contributed by atoms with Crippen molar-refractivity contribution in [2.45, 2.75) is 64.8 Å². The molecule has 2 atom stereocenters. The van der Waals surface area contributed by atoms with Gasteiger partial charge in [-0.25, -0.2) is 0 Å². The molecular formula is C18H28N2O. The summed E-state index contributed by atoms with van der Waals surface area (Å²) in [4.78, 5) is 12.3. The van der Waals surface area contributed by atoms with Gasteiger partial charge in [-0.1, -0.05) is 45.7 Å². The second-order valence-electron chi connectivity index (χ2n) is 7.13. The molecule has 3 heteroatoms. The number of carbonyl (C=O) groups is 1. The van der Waals surface area contributed by atoms with Crippen LogP contribution < -0.4 is 11.1 Å². The summed E-state index contributed by atoms with van der Waals surface area (Å²) in [6.07, 6.45) is 5.35. The van der Waals surface area contributed by atoms with Crippen LogP contribution >= 0.6 is 0 Å². The van der Waals surface area contributed by atoms with Crippen molar-refractivity contribution < 1.29 is 4.79 Å². The first-order valence-corrected chi connectivity index (χ1v) is 8.03. The molecule has 0 spiro atoms. The Kier molecular flexibility index (Phi) is 4.92. The molecule has 0 bridgehead atoms. The van der Waals surface area contributed by atoms with E-state index >= 15 is 0 Å². The monoisotopic (exact) mass is 288 g/mol. The van der Waals surface area contributed by atoms with Crippen LogP contribution in [0.25, 0.3) is 0 Å². The number of amides is 1. The molecule has 1 aromatic carbocycles. The predicted molar refractivity (Wildman–Crippen MR) is 88.1 cm³/mol. The van der Waals surface area contributed by atoms with Gasteiger partial charge in [0, 0.05) is 18.2 Å². The van der Waals surface area contributed by atoms with Crippen LogP contribution in [-0.2, 0) is 4.79 Å². The SMILES string of the molecule is CC(CC(=O)NC1CCCCC1(C)C)c1ccc(N)cc1. The van der Waals surface area contributed by atoms with Gasteiger partial charge >= 0.3 is 0 Å². The molecule has 116 valence electrons. The van der Waals surface area contributed by atoms with E-state index in [9.17, 15) is 4.79 Å². The van der Waals surface area contributed by atoms with Gasteiger partial charge in [-0.2, -0.15) is 0 Å². The molecule has 0 saturated heterocycles. The minimum atomic E-state index is 0.166. The van der Waals surface area contributed by atoms with Gasteiger partial charge in [0.15, 0.2) is 0 Å². The fourth-order valence-corrected chi connectivity index (χ4v) is 3.24. The molecule has 1 saturated carbocycles. The third-order valence-corrected chi connectivity index (χ3v) is 4.84. The van der Waals surface area contributed by atoms with E-state index in [1.165, 1.54) is 24.8 Å². The summed E-state index contributed by atoms with van der Waals surface area (Å²) in [7, 11) is 0. The summed E-state index contributed by atoms with van der Waals surface area (Å²) in [6.45, 7) is 6.62. The van der Waals surface area contributed by atoms with Gasteiger partial charge in [0.25, 0.3) is 0 Å². The van der Waals surface area contributed by atoms with E-state index in [0.29, 0.717) is 12.5 Å². The van der Waals surface area contributed by atoms with Crippen LogP contribution in [0.4, 0.5) is 5.69 Å².